The lowest BCUT2D eigenvalue weighted by Crippen LogP contribution is -1.88. The molecule has 0 saturated heterocycles. The Balaban J connectivity index is 2.22. The van der Waals surface area contributed by atoms with Crippen LogP contribution >= 0.6 is 11.8 Å². The maximum Gasteiger partial charge on any atom is 0.188 e. The number of aliphatic hydroxyl groups excluding tert-OH is 1. The first kappa shape index (κ1) is 10.1. The minimum atomic E-state index is -0.372. The fraction of sp³-hybridized carbons (Fsp3) is 0.111. The number of halogens is 1. The molecule has 0 atom stereocenters. The molecule has 2 rings (SSSR count). The number of H-pyrrole nitrogens is 1. The van der Waals surface area contributed by atoms with E-state index in [0.29, 0.717) is 15.6 Å². The lowest BCUT2D eigenvalue weighted by atomic mass is 10.2. The van der Waals surface area contributed by atoms with Crippen LogP contribution in [-0.4, -0.2) is 20.3 Å². The van der Waals surface area contributed by atoms with Crippen molar-refractivity contribution in [2.24, 2.45) is 0 Å². The summed E-state index contributed by atoms with van der Waals surface area (Å²) in [5.41, 5.74) is 0.550. The zero-order valence-electron chi connectivity index (χ0n) is 7.64. The molecule has 0 saturated carbocycles. The van der Waals surface area contributed by atoms with Gasteiger partial charge in [0.25, 0.3) is 0 Å². The Morgan fingerprint density at radius 2 is 2.33 bits per heavy atom. The molecule has 2 N–H and O–H groups in total. The lowest BCUT2D eigenvalue weighted by Gasteiger charge is -2.01. The third kappa shape index (κ3) is 2.34. The van der Waals surface area contributed by atoms with E-state index in [4.69, 9.17) is 5.11 Å². The van der Waals surface area contributed by atoms with Crippen LogP contribution in [0.5, 0.6) is 0 Å². The Bertz CT molecular complexity index is 447. The molecule has 1 aromatic carbocycles. The van der Waals surface area contributed by atoms with Crippen molar-refractivity contribution in [3.8, 4) is 0 Å². The second kappa shape index (κ2) is 4.41. The summed E-state index contributed by atoms with van der Waals surface area (Å²) >= 11 is 1.15. The quantitative estimate of drug-likeness (QED) is 0.832. The molecule has 0 spiro atoms. The monoisotopic (exact) mass is 225 g/mol. The molecule has 1 heterocycles. The van der Waals surface area contributed by atoms with Gasteiger partial charge in [0, 0.05) is 0 Å². The third-order valence-corrected chi connectivity index (χ3v) is 2.72. The maximum atomic E-state index is 13.4. The average Bonchev–Trinajstić information content (AvgIpc) is 2.74. The zero-order valence-corrected chi connectivity index (χ0v) is 8.46. The first-order valence-corrected chi connectivity index (χ1v) is 5.04. The van der Waals surface area contributed by atoms with Gasteiger partial charge in [0.15, 0.2) is 5.16 Å². The van der Waals surface area contributed by atoms with E-state index in [0.717, 1.165) is 11.8 Å². The standard InChI is InChI=1S/C9H8FN3OS/c10-7-3-6(4-14)1-2-8(7)15-9-11-5-12-13-9/h1-3,5,14H,4H2,(H,11,12,13). The molecule has 2 aromatic rings. The first-order valence-electron chi connectivity index (χ1n) is 4.22. The van der Waals surface area contributed by atoms with Crippen LogP contribution in [0.25, 0.3) is 0 Å². The predicted molar refractivity (Wildman–Crippen MR) is 52.8 cm³/mol. The summed E-state index contributed by atoms with van der Waals surface area (Å²) in [6, 6.07) is 4.58. The highest BCUT2D eigenvalue weighted by molar-refractivity contribution is 7.99. The maximum absolute atomic E-state index is 13.4. The number of rotatable bonds is 3. The Morgan fingerprint density at radius 1 is 1.47 bits per heavy atom. The molecule has 1 aromatic heterocycles. The Morgan fingerprint density at radius 3 is 2.93 bits per heavy atom. The fourth-order valence-electron chi connectivity index (χ4n) is 1.07. The summed E-state index contributed by atoms with van der Waals surface area (Å²) in [6.07, 6.45) is 1.36. The van der Waals surface area contributed by atoms with Gasteiger partial charge in [-0.05, 0) is 29.5 Å². The van der Waals surface area contributed by atoms with Crippen molar-refractivity contribution in [3.63, 3.8) is 0 Å². The number of aromatic amines is 1. The van der Waals surface area contributed by atoms with Crippen LogP contribution in [0.4, 0.5) is 4.39 Å². The summed E-state index contributed by atoms with van der Waals surface area (Å²) in [5.74, 6) is -0.372. The van der Waals surface area contributed by atoms with Gasteiger partial charge in [-0.2, -0.15) is 5.10 Å². The lowest BCUT2D eigenvalue weighted by molar-refractivity contribution is 0.281. The SMILES string of the molecule is OCc1ccc(Sc2ncn[nH]2)c(F)c1. The van der Waals surface area contributed by atoms with Crippen molar-refractivity contribution in [1.82, 2.24) is 15.2 Å². The number of aromatic nitrogens is 3. The van der Waals surface area contributed by atoms with Crippen molar-refractivity contribution in [3.05, 3.63) is 35.9 Å². The number of nitrogens with one attached hydrogen (secondary N) is 1. The molecule has 0 amide bonds. The van der Waals surface area contributed by atoms with Crippen molar-refractivity contribution >= 4 is 11.8 Å². The van der Waals surface area contributed by atoms with E-state index >= 15 is 0 Å². The summed E-state index contributed by atoms with van der Waals surface area (Å²) < 4.78 is 13.4. The van der Waals surface area contributed by atoms with Gasteiger partial charge in [0.1, 0.15) is 12.1 Å². The van der Waals surface area contributed by atoms with Crippen LogP contribution < -0.4 is 0 Å². The number of benzene rings is 1. The zero-order chi connectivity index (χ0) is 10.7. The topological polar surface area (TPSA) is 61.8 Å². The highest BCUT2D eigenvalue weighted by Crippen LogP contribution is 2.27. The van der Waals surface area contributed by atoms with Crippen LogP contribution in [0.2, 0.25) is 0 Å². The van der Waals surface area contributed by atoms with Gasteiger partial charge < -0.3 is 5.11 Å². The molecular formula is C9H8FN3OS. The van der Waals surface area contributed by atoms with E-state index < -0.39 is 0 Å². The van der Waals surface area contributed by atoms with Gasteiger partial charge in [-0.1, -0.05) is 6.07 Å². The molecule has 0 aliphatic heterocycles. The van der Waals surface area contributed by atoms with Crippen molar-refractivity contribution < 1.29 is 9.50 Å². The van der Waals surface area contributed by atoms with Crippen LogP contribution in [-0.2, 0) is 6.61 Å². The predicted octanol–water partition coefficient (Wildman–Crippen LogP) is 1.59. The van der Waals surface area contributed by atoms with E-state index in [1.165, 1.54) is 12.4 Å². The third-order valence-electron chi connectivity index (χ3n) is 1.78. The Hall–Kier alpha value is -1.40. The largest absolute Gasteiger partial charge is 0.392 e. The molecule has 78 valence electrons. The van der Waals surface area contributed by atoms with E-state index in [1.807, 2.05) is 0 Å². The van der Waals surface area contributed by atoms with E-state index in [9.17, 15) is 4.39 Å². The average molecular weight is 225 g/mol. The Kier molecular flexibility index (Phi) is 2.98. The summed E-state index contributed by atoms with van der Waals surface area (Å²) in [6.45, 7) is -0.163. The summed E-state index contributed by atoms with van der Waals surface area (Å²) in [5, 5.41) is 15.6. The molecule has 0 aliphatic carbocycles. The molecule has 0 aliphatic rings. The molecule has 0 unspecified atom stereocenters. The fourth-order valence-corrected chi connectivity index (χ4v) is 1.77. The number of aliphatic hydroxyl groups is 1. The van der Waals surface area contributed by atoms with Crippen LogP contribution in [0.3, 0.4) is 0 Å². The van der Waals surface area contributed by atoms with Crippen molar-refractivity contribution in [1.29, 1.82) is 0 Å². The van der Waals surface area contributed by atoms with Gasteiger partial charge >= 0.3 is 0 Å². The van der Waals surface area contributed by atoms with Crippen LogP contribution in [0.1, 0.15) is 5.56 Å². The van der Waals surface area contributed by atoms with Crippen LogP contribution in [0, 0.1) is 5.82 Å². The van der Waals surface area contributed by atoms with Gasteiger partial charge in [0.2, 0.25) is 0 Å². The van der Waals surface area contributed by atoms with Crippen molar-refractivity contribution in [2.45, 2.75) is 16.7 Å². The molecule has 6 heteroatoms. The number of nitrogens with zero attached hydrogens (tertiary/aromatic N) is 2. The highest BCUT2D eigenvalue weighted by atomic mass is 32.2. The first-order chi connectivity index (χ1) is 7.29. The van der Waals surface area contributed by atoms with Crippen LogP contribution in [0.15, 0.2) is 34.6 Å². The van der Waals surface area contributed by atoms with E-state index in [-0.39, 0.29) is 12.4 Å². The number of hydrogen-bond acceptors (Lipinski definition) is 4. The van der Waals surface area contributed by atoms with Gasteiger partial charge in [-0.15, -0.1) is 0 Å². The second-order valence-corrected chi connectivity index (χ2v) is 3.85. The Labute approximate surface area is 89.6 Å². The second-order valence-electron chi connectivity index (χ2n) is 2.82. The molecule has 4 nitrogen and oxygen atoms in total. The normalized spacial score (nSPS) is 10.5. The molecule has 0 bridgehead atoms. The molecule has 0 fully saturated rings. The van der Waals surface area contributed by atoms with Gasteiger partial charge in [-0.25, -0.2) is 9.37 Å². The molecule has 15 heavy (non-hydrogen) atoms. The minimum absolute atomic E-state index is 0.163. The number of hydrogen-bond donors (Lipinski definition) is 2. The smallest absolute Gasteiger partial charge is 0.188 e. The van der Waals surface area contributed by atoms with E-state index in [1.54, 1.807) is 12.1 Å². The van der Waals surface area contributed by atoms with E-state index in [2.05, 4.69) is 15.2 Å². The van der Waals surface area contributed by atoms with Gasteiger partial charge in [0.05, 0.1) is 11.5 Å². The highest BCUT2D eigenvalue weighted by Gasteiger charge is 2.06. The summed E-state index contributed by atoms with van der Waals surface area (Å²) in [7, 11) is 0. The minimum Gasteiger partial charge on any atom is -0.392 e. The van der Waals surface area contributed by atoms with Crippen molar-refractivity contribution in [2.75, 3.05) is 0 Å². The molecule has 0 radical (unpaired) electrons. The summed E-state index contributed by atoms with van der Waals surface area (Å²) in [4.78, 5) is 4.32. The van der Waals surface area contributed by atoms with Gasteiger partial charge in [-0.3, -0.25) is 5.10 Å². The molecular weight excluding hydrogens is 217 g/mol.